The maximum atomic E-state index is 11.9. The predicted molar refractivity (Wildman–Crippen MR) is 66.2 cm³/mol. The first-order valence-electron chi connectivity index (χ1n) is 4.88. The molecule has 0 spiro atoms. The van der Waals surface area contributed by atoms with Crippen LogP contribution in [0.2, 0.25) is 25.7 Å². The summed E-state index contributed by atoms with van der Waals surface area (Å²) in [7, 11) is -4.30. The van der Waals surface area contributed by atoms with Crippen LogP contribution in [0.4, 0.5) is 0 Å². The molecule has 4 heteroatoms. The summed E-state index contributed by atoms with van der Waals surface area (Å²) in [5, 5.41) is 0. The fourth-order valence-corrected chi connectivity index (χ4v) is 5.14. The van der Waals surface area contributed by atoms with Crippen LogP contribution in [0, 0.1) is 0 Å². The topological polar surface area (TPSA) is 34.1 Å². The van der Waals surface area contributed by atoms with Crippen LogP contribution in [-0.2, 0) is 9.84 Å². The normalized spacial score (nSPS) is 14.1. The molecule has 0 atom stereocenters. The Balaban J connectivity index is 4.61. The van der Waals surface area contributed by atoms with Gasteiger partial charge in [0.25, 0.3) is 0 Å². The highest BCUT2D eigenvalue weighted by atomic mass is 32.2. The summed E-state index contributed by atoms with van der Waals surface area (Å²) < 4.78 is 23.0. The van der Waals surface area contributed by atoms with E-state index in [2.05, 4.69) is 26.2 Å². The van der Waals surface area contributed by atoms with Crippen LogP contribution in [0.5, 0.6) is 0 Å². The summed E-state index contributed by atoms with van der Waals surface area (Å²) >= 11 is 0. The summed E-state index contributed by atoms with van der Waals surface area (Å²) in [6.45, 7) is 13.5. The van der Waals surface area contributed by atoms with Crippen LogP contribution in [0.15, 0.2) is 12.7 Å². The lowest BCUT2D eigenvalue weighted by molar-refractivity contribution is 0.573. The highest BCUT2D eigenvalue weighted by Gasteiger charge is 2.31. The van der Waals surface area contributed by atoms with E-state index in [1.54, 1.807) is 13.8 Å². The van der Waals surface area contributed by atoms with Crippen molar-refractivity contribution in [3.05, 3.63) is 12.7 Å². The minimum absolute atomic E-state index is 0.293. The molecule has 0 saturated carbocycles. The zero-order valence-corrected chi connectivity index (χ0v) is 11.7. The zero-order chi connectivity index (χ0) is 11.6. The van der Waals surface area contributed by atoms with Crippen molar-refractivity contribution in [1.82, 2.24) is 0 Å². The van der Waals surface area contributed by atoms with Crippen LogP contribution in [-0.4, -0.2) is 27.0 Å². The van der Waals surface area contributed by atoms with Gasteiger partial charge >= 0.3 is 0 Å². The number of hydrogen-bond donors (Lipinski definition) is 0. The fourth-order valence-electron chi connectivity index (χ4n) is 0.831. The fraction of sp³-hybridized carbons (Fsp3) is 0.800. The van der Waals surface area contributed by atoms with E-state index in [1.165, 1.54) is 6.08 Å². The second kappa shape index (κ2) is 4.19. The molecule has 0 aliphatic carbocycles. The first kappa shape index (κ1) is 13.9. The molecule has 0 aliphatic rings. The Bertz CT molecular complexity index is 297. The standard InChI is InChI=1S/C10H22O2SSi/c1-7-10(2,3)13(11,12)8-9-14(4,5)6/h7H,1,8-9H2,2-6H3. The van der Waals surface area contributed by atoms with E-state index in [0.29, 0.717) is 5.75 Å². The van der Waals surface area contributed by atoms with Crippen molar-refractivity contribution in [3.8, 4) is 0 Å². The van der Waals surface area contributed by atoms with Gasteiger partial charge in [-0.15, -0.1) is 6.58 Å². The predicted octanol–water partition coefficient (Wildman–Crippen LogP) is 2.70. The molecule has 0 aromatic carbocycles. The van der Waals surface area contributed by atoms with Crippen LogP contribution < -0.4 is 0 Å². The molecular formula is C10H22O2SSi. The molecule has 0 rings (SSSR count). The lowest BCUT2D eigenvalue weighted by atomic mass is 10.2. The highest BCUT2D eigenvalue weighted by Crippen LogP contribution is 2.21. The maximum absolute atomic E-state index is 11.9. The Morgan fingerprint density at radius 1 is 1.29 bits per heavy atom. The second-order valence-corrected chi connectivity index (χ2v) is 13.7. The average molecular weight is 234 g/mol. The average Bonchev–Trinajstić information content (AvgIpc) is 1.99. The van der Waals surface area contributed by atoms with Gasteiger partial charge in [0.2, 0.25) is 0 Å². The Labute approximate surface area is 89.3 Å². The van der Waals surface area contributed by atoms with Crippen molar-refractivity contribution in [1.29, 1.82) is 0 Å². The van der Waals surface area contributed by atoms with Crippen LogP contribution in [0.1, 0.15) is 13.8 Å². The minimum Gasteiger partial charge on any atom is -0.228 e. The molecule has 14 heavy (non-hydrogen) atoms. The van der Waals surface area contributed by atoms with Gasteiger partial charge in [0.1, 0.15) is 0 Å². The molecule has 0 bridgehead atoms. The Kier molecular flexibility index (Phi) is 4.16. The molecule has 0 amide bonds. The lowest BCUT2D eigenvalue weighted by Gasteiger charge is -2.23. The van der Waals surface area contributed by atoms with E-state index in [9.17, 15) is 8.42 Å². The second-order valence-electron chi connectivity index (χ2n) is 5.44. The summed E-state index contributed by atoms with van der Waals surface area (Å²) in [6.07, 6.45) is 1.52. The van der Waals surface area contributed by atoms with Crippen LogP contribution >= 0.6 is 0 Å². The Morgan fingerprint density at radius 3 is 2.00 bits per heavy atom. The molecule has 0 aliphatic heterocycles. The van der Waals surface area contributed by atoms with Crippen molar-refractivity contribution in [2.45, 2.75) is 44.3 Å². The summed E-state index contributed by atoms with van der Waals surface area (Å²) in [5.41, 5.74) is 0. The Morgan fingerprint density at radius 2 is 1.71 bits per heavy atom. The third kappa shape index (κ3) is 3.96. The molecule has 0 radical (unpaired) electrons. The monoisotopic (exact) mass is 234 g/mol. The van der Waals surface area contributed by atoms with Gasteiger partial charge in [-0.1, -0.05) is 25.7 Å². The van der Waals surface area contributed by atoms with E-state index in [4.69, 9.17) is 0 Å². The van der Waals surface area contributed by atoms with Crippen molar-refractivity contribution >= 4 is 17.9 Å². The number of sulfone groups is 1. The molecular weight excluding hydrogens is 212 g/mol. The summed E-state index contributed by atoms with van der Waals surface area (Å²) in [4.78, 5) is 0. The van der Waals surface area contributed by atoms with Gasteiger partial charge in [-0.05, 0) is 19.9 Å². The van der Waals surface area contributed by atoms with E-state index in [1.807, 2.05) is 0 Å². The van der Waals surface area contributed by atoms with Gasteiger partial charge in [0, 0.05) is 13.8 Å². The van der Waals surface area contributed by atoms with Gasteiger partial charge in [0.15, 0.2) is 9.84 Å². The first-order valence-corrected chi connectivity index (χ1v) is 10.2. The summed E-state index contributed by atoms with van der Waals surface area (Å²) in [6, 6.07) is 0.826. The summed E-state index contributed by atoms with van der Waals surface area (Å²) in [5.74, 6) is 0.293. The van der Waals surface area contributed by atoms with Gasteiger partial charge in [-0.3, -0.25) is 0 Å². The van der Waals surface area contributed by atoms with Crippen molar-refractivity contribution in [2.75, 3.05) is 5.75 Å². The number of rotatable bonds is 5. The molecule has 0 saturated heterocycles. The van der Waals surface area contributed by atoms with Gasteiger partial charge < -0.3 is 0 Å². The lowest BCUT2D eigenvalue weighted by Crippen LogP contribution is -2.34. The smallest absolute Gasteiger partial charge is 0.158 e. The van der Waals surface area contributed by atoms with Crippen LogP contribution in [0.25, 0.3) is 0 Å². The molecule has 84 valence electrons. The van der Waals surface area contributed by atoms with E-state index < -0.39 is 22.7 Å². The van der Waals surface area contributed by atoms with Gasteiger partial charge in [-0.25, -0.2) is 8.42 Å². The number of hydrogen-bond acceptors (Lipinski definition) is 2. The quantitative estimate of drug-likeness (QED) is 0.541. The molecule has 0 unspecified atom stereocenters. The van der Waals surface area contributed by atoms with E-state index in [0.717, 1.165) is 6.04 Å². The molecule has 2 nitrogen and oxygen atoms in total. The molecule has 0 aromatic rings. The van der Waals surface area contributed by atoms with Gasteiger partial charge in [-0.2, -0.15) is 0 Å². The Hall–Kier alpha value is -0.0931. The van der Waals surface area contributed by atoms with E-state index >= 15 is 0 Å². The maximum Gasteiger partial charge on any atom is 0.158 e. The third-order valence-corrected chi connectivity index (χ3v) is 7.04. The van der Waals surface area contributed by atoms with Crippen molar-refractivity contribution in [2.24, 2.45) is 0 Å². The minimum atomic E-state index is -3.03. The third-order valence-electron chi connectivity index (χ3n) is 2.41. The van der Waals surface area contributed by atoms with E-state index in [-0.39, 0.29) is 0 Å². The van der Waals surface area contributed by atoms with Crippen LogP contribution in [0.3, 0.4) is 0 Å². The van der Waals surface area contributed by atoms with Crippen molar-refractivity contribution < 1.29 is 8.42 Å². The molecule has 0 N–H and O–H groups in total. The SMILES string of the molecule is C=CC(C)(C)S(=O)(=O)CC[Si](C)(C)C. The van der Waals surface area contributed by atoms with Gasteiger partial charge in [0.05, 0.1) is 4.75 Å². The largest absolute Gasteiger partial charge is 0.228 e. The first-order chi connectivity index (χ1) is 6.02. The highest BCUT2D eigenvalue weighted by molar-refractivity contribution is 7.93. The molecule has 0 aromatic heterocycles. The zero-order valence-electron chi connectivity index (χ0n) is 9.92. The molecule has 0 fully saturated rings. The molecule has 0 heterocycles. The van der Waals surface area contributed by atoms with Crippen molar-refractivity contribution in [3.63, 3.8) is 0 Å².